The third-order valence-corrected chi connectivity index (χ3v) is 8.05. The monoisotopic (exact) mass is 559 g/mol. The molecule has 0 saturated carbocycles. The summed E-state index contributed by atoms with van der Waals surface area (Å²) in [6.45, 7) is 3.93. The molecule has 4 aromatic rings. The van der Waals surface area contributed by atoms with Crippen LogP contribution in [0.15, 0.2) is 101 Å². The van der Waals surface area contributed by atoms with E-state index in [1.807, 2.05) is 0 Å². The maximum atomic E-state index is 14.1. The highest BCUT2D eigenvalue weighted by atomic mass is 32.2. The van der Waals surface area contributed by atoms with Gasteiger partial charge in [0.25, 0.3) is 5.78 Å². The fourth-order valence-corrected chi connectivity index (χ4v) is 5.99. The highest BCUT2D eigenvalue weighted by Gasteiger charge is 2.48. The number of carbonyl (C=O) groups is 2. The van der Waals surface area contributed by atoms with Gasteiger partial charge in [-0.3, -0.25) is 14.5 Å². The molecule has 1 aromatic heterocycles. The summed E-state index contributed by atoms with van der Waals surface area (Å²) in [5.74, 6) is -1.46. The maximum Gasteiger partial charge on any atom is 0.301 e. The second kappa shape index (κ2) is 11.6. The molecule has 0 aliphatic carbocycles. The minimum atomic E-state index is -0.977. The van der Waals surface area contributed by atoms with Gasteiger partial charge in [0.2, 0.25) is 5.13 Å². The van der Waals surface area contributed by atoms with Gasteiger partial charge in [0.1, 0.15) is 23.9 Å². The van der Waals surface area contributed by atoms with Crippen molar-refractivity contribution in [1.29, 1.82) is 0 Å². The first-order chi connectivity index (χ1) is 19.0. The first-order valence-corrected chi connectivity index (χ1v) is 13.7. The van der Waals surface area contributed by atoms with E-state index in [0.29, 0.717) is 32.5 Å². The van der Waals surface area contributed by atoms with E-state index in [4.69, 9.17) is 4.74 Å². The van der Waals surface area contributed by atoms with Crippen molar-refractivity contribution >= 4 is 45.7 Å². The Kier molecular flexibility index (Phi) is 7.85. The van der Waals surface area contributed by atoms with Crippen molar-refractivity contribution in [3.8, 4) is 5.75 Å². The van der Waals surface area contributed by atoms with Gasteiger partial charge in [0.05, 0.1) is 11.6 Å². The molecule has 0 spiro atoms. The molecule has 7 nitrogen and oxygen atoms in total. The SMILES string of the molecule is C=CCOc1cccc(C2/C(=C(\O)c3ccccc3)C(=O)C(=O)N2c2nnc(SCc3ccccc3F)s2)c1. The van der Waals surface area contributed by atoms with Crippen LogP contribution < -0.4 is 9.64 Å². The number of benzene rings is 3. The number of carbonyl (C=O) groups excluding carboxylic acids is 2. The van der Waals surface area contributed by atoms with E-state index in [1.54, 1.807) is 78.9 Å². The van der Waals surface area contributed by atoms with Crippen molar-refractivity contribution in [2.75, 3.05) is 11.5 Å². The second-order valence-electron chi connectivity index (χ2n) is 8.44. The molecule has 1 saturated heterocycles. The van der Waals surface area contributed by atoms with Crippen LogP contribution in [0.2, 0.25) is 0 Å². The number of halogens is 1. The lowest BCUT2D eigenvalue weighted by atomic mass is 9.95. The Morgan fingerprint density at radius 1 is 1.08 bits per heavy atom. The summed E-state index contributed by atoms with van der Waals surface area (Å²) < 4.78 is 20.2. The van der Waals surface area contributed by atoms with Gasteiger partial charge in [0.15, 0.2) is 4.34 Å². The Labute approximate surface area is 232 Å². The van der Waals surface area contributed by atoms with E-state index in [-0.39, 0.29) is 28.9 Å². The topological polar surface area (TPSA) is 92.6 Å². The molecule has 1 aliphatic heterocycles. The third kappa shape index (κ3) is 5.47. The maximum absolute atomic E-state index is 14.1. The predicted octanol–water partition coefficient (Wildman–Crippen LogP) is 6.16. The predicted molar refractivity (Wildman–Crippen MR) is 149 cm³/mol. The summed E-state index contributed by atoms with van der Waals surface area (Å²) in [6, 6.07) is 21.0. The Bertz CT molecular complexity index is 1570. The molecule has 0 radical (unpaired) electrons. The lowest BCUT2D eigenvalue weighted by molar-refractivity contribution is -0.132. The lowest BCUT2D eigenvalue weighted by Crippen LogP contribution is -2.29. The molecule has 1 unspecified atom stereocenters. The van der Waals surface area contributed by atoms with Crippen LogP contribution in [0.4, 0.5) is 9.52 Å². The molecule has 0 bridgehead atoms. The van der Waals surface area contributed by atoms with Crippen LogP contribution in [0.5, 0.6) is 5.75 Å². The van der Waals surface area contributed by atoms with Crippen molar-refractivity contribution in [2.45, 2.75) is 16.1 Å². The van der Waals surface area contributed by atoms with Gasteiger partial charge in [-0.1, -0.05) is 96.4 Å². The fraction of sp³-hybridized carbons (Fsp3) is 0.103. The molecule has 1 N–H and O–H groups in total. The van der Waals surface area contributed by atoms with E-state index in [0.717, 1.165) is 11.3 Å². The Morgan fingerprint density at radius 2 is 1.85 bits per heavy atom. The molecule has 5 rings (SSSR count). The normalized spacial score (nSPS) is 16.4. The van der Waals surface area contributed by atoms with Crippen molar-refractivity contribution in [1.82, 2.24) is 10.2 Å². The summed E-state index contributed by atoms with van der Waals surface area (Å²) >= 11 is 2.38. The summed E-state index contributed by atoms with van der Waals surface area (Å²) in [7, 11) is 0. The third-order valence-electron chi connectivity index (χ3n) is 5.94. The largest absolute Gasteiger partial charge is 0.507 e. The molecule has 1 amide bonds. The number of aliphatic hydroxyl groups excluding tert-OH is 1. The number of ketones is 1. The highest BCUT2D eigenvalue weighted by Crippen LogP contribution is 2.44. The van der Waals surface area contributed by atoms with Gasteiger partial charge in [-0.05, 0) is 29.3 Å². The van der Waals surface area contributed by atoms with Crippen LogP contribution in [0.1, 0.15) is 22.7 Å². The van der Waals surface area contributed by atoms with E-state index in [1.165, 1.54) is 22.7 Å². The minimum absolute atomic E-state index is 0.0668. The Morgan fingerprint density at radius 3 is 2.62 bits per heavy atom. The first kappa shape index (κ1) is 26.3. The Hall–Kier alpha value is -4.28. The molecule has 2 heterocycles. The fourth-order valence-electron chi connectivity index (χ4n) is 4.14. The van der Waals surface area contributed by atoms with Gasteiger partial charge in [-0.25, -0.2) is 4.39 Å². The van der Waals surface area contributed by atoms with Crippen LogP contribution in [-0.4, -0.2) is 33.6 Å². The molecule has 10 heteroatoms. The summed E-state index contributed by atoms with van der Waals surface area (Å²) in [5, 5.41) is 19.8. The van der Waals surface area contributed by atoms with Crippen molar-refractivity contribution in [3.05, 3.63) is 120 Å². The van der Waals surface area contributed by atoms with Crippen molar-refractivity contribution in [2.24, 2.45) is 0 Å². The van der Waals surface area contributed by atoms with Gasteiger partial charge in [-0.15, -0.1) is 10.2 Å². The zero-order valence-corrected chi connectivity index (χ0v) is 22.1. The summed E-state index contributed by atoms with van der Waals surface area (Å²) in [5.41, 5.74) is 1.39. The zero-order chi connectivity index (χ0) is 27.4. The molecule has 39 heavy (non-hydrogen) atoms. The number of hydrogen-bond donors (Lipinski definition) is 1. The van der Waals surface area contributed by atoms with Gasteiger partial charge >= 0.3 is 5.91 Å². The number of hydrogen-bond acceptors (Lipinski definition) is 8. The molecular formula is C29H22FN3O4S2. The molecule has 1 aliphatic rings. The average Bonchev–Trinajstić information content (AvgIpc) is 3.53. The second-order valence-corrected chi connectivity index (χ2v) is 10.6. The minimum Gasteiger partial charge on any atom is -0.507 e. The number of amides is 1. The van der Waals surface area contributed by atoms with E-state index < -0.39 is 17.7 Å². The van der Waals surface area contributed by atoms with Crippen LogP contribution >= 0.6 is 23.1 Å². The number of thioether (sulfide) groups is 1. The standard InChI is InChI=1S/C29H22FN3O4S2/c1-2-15-37-21-13-8-12-19(16-21)24-23(25(34)18-9-4-3-5-10-18)26(35)27(36)33(24)28-31-32-29(39-28)38-17-20-11-6-7-14-22(20)30/h2-14,16,24,34H,1,15,17H2/b25-23+. The molecule has 196 valence electrons. The smallest absolute Gasteiger partial charge is 0.301 e. The van der Waals surface area contributed by atoms with Gasteiger partial charge in [-0.2, -0.15) is 0 Å². The summed E-state index contributed by atoms with van der Waals surface area (Å²) in [6.07, 6.45) is 1.61. The summed E-state index contributed by atoms with van der Waals surface area (Å²) in [4.78, 5) is 28.0. The van der Waals surface area contributed by atoms with Crippen LogP contribution in [0, 0.1) is 5.82 Å². The van der Waals surface area contributed by atoms with E-state index in [9.17, 15) is 19.1 Å². The first-order valence-electron chi connectivity index (χ1n) is 11.9. The number of ether oxygens (including phenoxy) is 1. The molecule has 1 atom stereocenters. The van der Waals surface area contributed by atoms with Crippen LogP contribution in [0.3, 0.4) is 0 Å². The van der Waals surface area contributed by atoms with Crippen molar-refractivity contribution in [3.63, 3.8) is 0 Å². The van der Waals surface area contributed by atoms with Crippen molar-refractivity contribution < 1.29 is 23.8 Å². The lowest BCUT2D eigenvalue weighted by Gasteiger charge is -2.23. The van der Waals surface area contributed by atoms with Gasteiger partial charge in [0, 0.05) is 11.3 Å². The number of Topliss-reactive ketones (excluding diaryl/α,β-unsaturated/α-hetero) is 1. The quantitative estimate of drug-likeness (QED) is 0.0656. The highest BCUT2D eigenvalue weighted by molar-refractivity contribution is 8.00. The van der Waals surface area contributed by atoms with E-state index >= 15 is 0 Å². The van der Waals surface area contributed by atoms with Crippen LogP contribution in [-0.2, 0) is 15.3 Å². The number of nitrogens with zero attached hydrogens (tertiary/aromatic N) is 3. The number of rotatable bonds is 9. The molecule has 3 aromatic carbocycles. The van der Waals surface area contributed by atoms with Crippen LogP contribution in [0.25, 0.3) is 5.76 Å². The number of aromatic nitrogens is 2. The Balaban J connectivity index is 1.55. The van der Waals surface area contributed by atoms with Gasteiger partial charge < -0.3 is 9.84 Å². The van der Waals surface area contributed by atoms with E-state index in [2.05, 4.69) is 16.8 Å². The molecule has 1 fully saturated rings. The average molecular weight is 560 g/mol. The number of anilines is 1. The zero-order valence-electron chi connectivity index (χ0n) is 20.5. The number of aliphatic hydroxyl groups is 1. The molecular weight excluding hydrogens is 537 g/mol.